The summed E-state index contributed by atoms with van der Waals surface area (Å²) in [5.74, 6) is 0. The van der Waals surface area contributed by atoms with Crippen LogP contribution in [0.15, 0.2) is 24.3 Å². The Morgan fingerprint density at radius 1 is 1.18 bits per heavy atom. The van der Waals surface area contributed by atoms with E-state index < -0.39 is 0 Å². The third kappa shape index (κ3) is 3.18. The summed E-state index contributed by atoms with van der Waals surface area (Å²) in [7, 11) is 5.47. The molecule has 0 heterocycles. The summed E-state index contributed by atoms with van der Waals surface area (Å²) in [6.07, 6.45) is 0. The van der Waals surface area contributed by atoms with Crippen LogP contribution in [0.5, 0.6) is 0 Å². The monoisotopic (exact) mass is 152 g/mol. The molecule has 0 atom stereocenters. The second kappa shape index (κ2) is 5.91. The van der Waals surface area contributed by atoms with Crippen LogP contribution in [-0.4, -0.2) is 23.9 Å². The van der Waals surface area contributed by atoms with Gasteiger partial charge in [-0.3, -0.25) is 0 Å². The second-order valence-corrected chi connectivity index (χ2v) is 1.86. The quantitative estimate of drug-likeness (QED) is 0.556. The van der Waals surface area contributed by atoms with Gasteiger partial charge in [0.05, 0.1) is 0 Å². The number of aliphatic hydroxyl groups is 1. The molecule has 0 aliphatic heterocycles. The topological polar surface area (TPSA) is 80.2 Å². The van der Waals surface area contributed by atoms with E-state index in [4.69, 9.17) is 13.0 Å². The molecule has 1 rings (SSSR count). The summed E-state index contributed by atoms with van der Waals surface area (Å²) >= 11 is 0. The molecule has 3 nitrogen and oxygen atoms in total. The van der Waals surface area contributed by atoms with Crippen LogP contribution in [0.1, 0.15) is 5.56 Å². The first-order valence-electron chi connectivity index (χ1n) is 2.79. The third-order valence-corrected chi connectivity index (χ3v) is 1.23. The summed E-state index contributed by atoms with van der Waals surface area (Å²) < 4.78 is 0. The van der Waals surface area contributed by atoms with E-state index in [-0.39, 0.29) is 17.6 Å². The standard InChI is InChI=1S/C7H7BO.2H2O/c8-7-4-2-1-3-6(7)5-9;;/h1-4,9H,5H2;2*1H2/q+2;;/p-2. The Balaban J connectivity index is 0. The van der Waals surface area contributed by atoms with Gasteiger partial charge in [-0.2, -0.15) is 0 Å². The van der Waals surface area contributed by atoms with Gasteiger partial charge in [0.1, 0.15) is 0 Å². The normalized spacial score (nSPS) is 7.91. The molecule has 58 valence electrons. The Hall–Kier alpha value is -0.835. The van der Waals surface area contributed by atoms with E-state index in [2.05, 4.69) is 0 Å². The van der Waals surface area contributed by atoms with Gasteiger partial charge in [-0.25, -0.2) is 0 Å². The Bertz CT molecular complexity index is 203. The Kier molecular flexibility index (Phi) is 6.88. The summed E-state index contributed by atoms with van der Waals surface area (Å²) in [6.45, 7) is 0.0205. The number of hydrogen-bond donors (Lipinski definition) is 1. The summed E-state index contributed by atoms with van der Waals surface area (Å²) in [5.41, 5.74) is 1.44. The molecule has 0 fully saturated rings. The maximum atomic E-state index is 8.64. The molecule has 0 spiro atoms. The number of aliphatic hydroxyl groups excluding tert-OH is 1. The van der Waals surface area contributed by atoms with Crippen LogP contribution in [0.4, 0.5) is 0 Å². The molecule has 1 aromatic rings. The maximum absolute atomic E-state index is 8.64. The van der Waals surface area contributed by atoms with Crippen molar-refractivity contribution in [1.82, 2.24) is 0 Å². The Labute approximate surface area is 66.7 Å². The maximum Gasteiger partial charge on any atom is -0.870 e. The van der Waals surface area contributed by atoms with Crippen molar-refractivity contribution in [2.75, 3.05) is 0 Å². The van der Waals surface area contributed by atoms with Crippen molar-refractivity contribution in [1.29, 1.82) is 0 Å². The van der Waals surface area contributed by atoms with Crippen LogP contribution in [0.25, 0.3) is 0 Å². The number of benzene rings is 1. The van der Waals surface area contributed by atoms with Crippen molar-refractivity contribution in [3.8, 4) is 0 Å². The minimum atomic E-state index is 0. The molecule has 0 radical (unpaired) electrons. The average molecular weight is 152 g/mol. The van der Waals surface area contributed by atoms with Gasteiger partial charge in [-0.05, 0) is 0 Å². The predicted molar refractivity (Wildman–Crippen MR) is 41.6 cm³/mol. The van der Waals surface area contributed by atoms with Gasteiger partial charge < -0.3 is 11.0 Å². The molecule has 3 N–H and O–H groups in total. The van der Waals surface area contributed by atoms with Crippen molar-refractivity contribution < 1.29 is 16.1 Å². The van der Waals surface area contributed by atoms with Gasteiger partial charge in [0.2, 0.25) is 0 Å². The average Bonchev–Trinajstić information content (AvgIpc) is 1.89. The van der Waals surface area contributed by atoms with Gasteiger partial charge in [0.15, 0.2) is 0 Å². The molecule has 0 aliphatic rings. The van der Waals surface area contributed by atoms with E-state index in [0.717, 1.165) is 5.56 Å². The Morgan fingerprint density at radius 2 is 1.73 bits per heavy atom. The molecule has 0 unspecified atom stereocenters. The first kappa shape index (κ1) is 12.8. The first-order chi connectivity index (χ1) is 4.34. The van der Waals surface area contributed by atoms with Crippen LogP contribution in [-0.2, 0) is 6.61 Å². The fraction of sp³-hybridized carbons (Fsp3) is 0.143. The predicted octanol–water partition coefficient (Wildman–Crippen LogP) is -0.381. The van der Waals surface area contributed by atoms with E-state index in [1.54, 1.807) is 12.1 Å². The zero-order chi connectivity index (χ0) is 6.69. The van der Waals surface area contributed by atoms with Crippen LogP contribution in [0, 0.1) is 0 Å². The van der Waals surface area contributed by atoms with Crippen molar-refractivity contribution in [2.45, 2.75) is 6.61 Å². The molecule has 11 heavy (non-hydrogen) atoms. The van der Waals surface area contributed by atoms with Crippen LogP contribution in [0.2, 0.25) is 0 Å². The van der Waals surface area contributed by atoms with Gasteiger partial charge in [0, 0.05) is 0 Å². The third-order valence-electron chi connectivity index (χ3n) is 1.23. The molecule has 0 amide bonds. The summed E-state index contributed by atoms with van der Waals surface area (Å²) in [4.78, 5) is 0. The Morgan fingerprint density at radius 3 is 2.09 bits per heavy atom. The van der Waals surface area contributed by atoms with E-state index in [0.29, 0.717) is 5.46 Å². The fourth-order valence-corrected chi connectivity index (χ4v) is 0.678. The van der Waals surface area contributed by atoms with Gasteiger partial charge in [-0.15, -0.1) is 0 Å². The molecule has 4 heteroatoms. The van der Waals surface area contributed by atoms with Crippen molar-refractivity contribution in [3.63, 3.8) is 0 Å². The SMILES string of the molecule is [B+2]c1ccccc1CO.[OH-].[OH-]. The fourth-order valence-electron chi connectivity index (χ4n) is 0.678. The van der Waals surface area contributed by atoms with Crippen LogP contribution < -0.4 is 5.46 Å². The zero-order valence-corrected chi connectivity index (χ0v) is 5.94. The number of rotatable bonds is 1. The molecule has 0 aliphatic carbocycles. The molecule has 0 saturated carbocycles. The zero-order valence-electron chi connectivity index (χ0n) is 5.94. The van der Waals surface area contributed by atoms with Crippen molar-refractivity contribution >= 4 is 13.3 Å². The summed E-state index contributed by atoms with van der Waals surface area (Å²) in [6, 6.07) is 7.26. The van der Waals surface area contributed by atoms with E-state index in [1.165, 1.54) is 0 Å². The van der Waals surface area contributed by atoms with Crippen molar-refractivity contribution in [3.05, 3.63) is 29.8 Å². The molecule has 0 bridgehead atoms. The van der Waals surface area contributed by atoms with Crippen LogP contribution in [0.3, 0.4) is 0 Å². The number of hydrogen-bond acceptors (Lipinski definition) is 3. The minimum Gasteiger partial charge on any atom is -0.870 e. The van der Waals surface area contributed by atoms with E-state index in [9.17, 15) is 0 Å². The van der Waals surface area contributed by atoms with Gasteiger partial charge in [0.25, 0.3) is 0 Å². The molecule has 0 saturated heterocycles. The second-order valence-electron chi connectivity index (χ2n) is 1.86. The van der Waals surface area contributed by atoms with Crippen LogP contribution >= 0.6 is 0 Å². The molecule has 0 aromatic heterocycles. The van der Waals surface area contributed by atoms with Gasteiger partial charge in [-0.1, -0.05) is 0 Å². The minimum absolute atomic E-state index is 0. The smallest absolute Gasteiger partial charge is 0.870 e. The summed E-state index contributed by atoms with van der Waals surface area (Å²) in [5, 5.41) is 8.64. The van der Waals surface area contributed by atoms with E-state index >= 15 is 0 Å². The molecule has 1 aromatic carbocycles. The molecular weight excluding hydrogens is 143 g/mol. The van der Waals surface area contributed by atoms with Crippen molar-refractivity contribution in [2.24, 2.45) is 0 Å². The van der Waals surface area contributed by atoms with E-state index in [1.807, 2.05) is 12.1 Å². The largest absolute Gasteiger partial charge is 0.870 e. The first-order valence-corrected chi connectivity index (χ1v) is 2.79. The van der Waals surface area contributed by atoms with Gasteiger partial charge >= 0.3 is 54.9 Å². The molecular formula is C7H9BO3.